The zero-order chi connectivity index (χ0) is 11.3. The van der Waals surface area contributed by atoms with Crippen molar-refractivity contribution in [3.63, 3.8) is 0 Å². The molecule has 3 atom stereocenters. The van der Waals surface area contributed by atoms with Crippen LogP contribution in [0.3, 0.4) is 0 Å². The monoisotopic (exact) mass is 214 g/mol. The summed E-state index contributed by atoms with van der Waals surface area (Å²) in [5.41, 5.74) is 0. The maximum atomic E-state index is 5.24. The molecule has 1 N–H and O–H groups in total. The van der Waals surface area contributed by atoms with Gasteiger partial charge < -0.3 is 10.1 Å². The zero-order valence-corrected chi connectivity index (χ0v) is 10.6. The Bertz CT molecular complexity index is 175. The van der Waals surface area contributed by atoms with Crippen molar-refractivity contribution in [2.24, 2.45) is 0 Å². The molecular formula is C12H26N2O. The molecule has 0 aromatic heterocycles. The van der Waals surface area contributed by atoms with E-state index in [9.17, 15) is 0 Å². The van der Waals surface area contributed by atoms with E-state index in [0.717, 1.165) is 13.2 Å². The van der Waals surface area contributed by atoms with E-state index in [1.165, 1.54) is 19.4 Å². The van der Waals surface area contributed by atoms with Gasteiger partial charge in [0, 0.05) is 38.3 Å². The van der Waals surface area contributed by atoms with Gasteiger partial charge in [-0.05, 0) is 20.3 Å². The fourth-order valence-corrected chi connectivity index (χ4v) is 2.45. The molecule has 0 aliphatic carbocycles. The molecule has 1 fully saturated rings. The van der Waals surface area contributed by atoms with Crippen LogP contribution in [0.25, 0.3) is 0 Å². The molecule has 1 aliphatic rings. The molecule has 0 spiro atoms. The molecule has 3 unspecified atom stereocenters. The maximum absolute atomic E-state index is 5.24. The highest BCUT2D eigenvalue weighted by atomic mass is 16.5. The summed E-state index contributed by atoms with van der Waals surface area (Å²) in [5.74, 6) is 0. The number of nitrogens with zero attached hydrogens (tertiary/aromatic N) is 1. The Hall–Kier alpha value is -0.120. The van der Waals surface area contributed by atoms with E-state index in [1.807, 2.05) is 0 Å². The van der Waals surface area contributed by atoms with Gasteiger partial charge in [0.25, 0.3) is 0 Å². The van der Waals surface area contributed by atoms with Crippen LogP contribution < -0.4 is 5.32 Å². The van der Waals surface area contributed by atoms with Crippen molar-refractivity contribution in [1.29, 1.82) is 0 Å². The van der Waals surface area contributed by atoms with Gasteiger partial charge >= 0.3 is 0 Å². The summed E-state index contributed by atoms with van der Waals surface area (Å²) < 4.78 is 5.24. The van der Waals surface area contributed by atoms with Gasteiger partial charge in [0.15, 0.2) is 0 Å². The molecule has 1 heterocycles. The third-order valence-corrected chi connectivity index (χ3v) is 3.31. The van der Waals surface area contributed by atoms with Gasteiger partial charge in [-0.15, -0.1) is 0 Å². The lowest BCUT2D eigenvalue weighted by Gasteiger charge is -2.42. The number of ether oxygens (including phenoxy) is 1. The second-order valence-electron chi connectivity index (χ2n) is 4.74. The number of methoxy groups -OCH3 is 1. The summed E-state index contributed by atoms with van der Waals surface area (Å²) in [6.07, 6.45) is 2.54. The van der Waals surface area contributed by atoms with Gasteiger partial charge in [0.05, 0.1) is 6.61 Å². The Labute approximate surface area is 94.2 Å². The molecule has 3 nitrogen and oxygen atoms in total. The summed E-state index contributed by atoms with van der Waals surface area (Å²) >= 11 is 0. The number of hydrogen-bond acceptors (Lipinski definition) is 3. The standard InChI is InChI=1S/C12H26N2O/c1-5-6-12-8-14(10(2)7-13-12)11(3)9-15-4/h10-13H,5-9H2,1-4H3. The van der Waals surface area contributed by atoms with Crippen molar-refractivity contribution < 1.29 is 4.74 Å². The molecule has 1 aliphatic heterocycles. The minimum Gasteiger partial charge on any atom is -0.383 e. The molecule has 3 heteroatoms. The highest BCUT2D eigenvalue weighted by Gasteiger charge is 2.27. The van der Waals surface area contributed by atoms with Crippen LogP contribution in [0, 0.1) is 0 Å². The molecule has 0 bridgehead atoms. The van der Waals surface area contributed by atoms with Crippen LogP contribution in [0.4, 0.5) is 0 Å². The molecule has 0 aromatic carbocycles. The van der Waals surface area contributed by atoms with Crippen LogP contribution in [0.15, 0.2) is 0 Å². The minimum atomic E-state index is 0.534. The third-order valence-electron chi connectivity index (χ3n) is 3.31. The maximum Gasteiger partial charge on any atom is 0.0615 e. The van der Waals surface area contributed by atoms with Crippen molar-refractivity contribution in [3.05, 3.63) is 0 Å². The summed E-state index contributed by atoms with van der Waals surface area (Å²) in [6, 6.07) is 1.83. The first-order valence-electron chi connectivity index (χ1n) is 6.17. The average molecular weight is 214 g/mol. The van der Waals surface area contributed by atoms with E-state index in [4.69, 9.17) is 4.74 Å². The zero-order valence-electron chi connectivity index (χ0n) is 10.6. The van der Waals surface area contributed by atoms with Crippen molar-refractivity contribution in [2.75, 3.05) is 26.8 Å². The van der Waals surface area contributed by atoms with Crippen LogP contribution >= 0.6 is 0 Å². The third kappa shape index (κ3) is 3.74. The lowest BCUT2D eigenvalue weighted by atomic mass is 10.0. The Morgan fingerprint density at radius 1 is 1.53 bits per heavy atom. The van der Waals surface area contributed by atoms with Crippen LogP contribution in [0.1, 0.15) is 33.6 Å². The molecule has 0 amide bonds. The average Bonchev–Trinajstić information content (AvgIpc) is 2.21. The van der Waals surface area contributed by atoms with Gasteiger partial charge in [-0.2, -0.15) is 0 Å². The highest BCUT2D eigenvalue weighted by molar-refractivity contribution is 4.86. The minimum absolute atomic E-state index is 0.534. The molecule has 0 saturated carbocycles. The largest absolute Gasteiger partial charge is 0.383 e. The van der Waals surface area contributed by atoms with E-state index in [2.05, 4.69) is 31.0 Å². The van der Waals surface area contributed by atoms with Gasteiger partial charge in [-0.3, -0.25) is 4.90 Å². The Balaban J connectivity index is 2.45. The first-order chi connectivity index (χ1) is 7.19. The second kappa shape index (κ2) is 6.46. The van der Waals surface area contributed by atoms with Gasteiger partial charge in [0.2, 0.25) is 0 Å². The molecule has 90 valence electrons. The van der Waals surface area contributed by atoms with Gasteiger partial charge in [-0.25, -0.2) is 0 Å². The molecule has 0 aromatic rings. The predicted octanol–water partition coefficient (Wildman–Crippen LogP) is 1.48. The fraction of sp³-hybridized carbons (Fsp3) is 1.00. The lowest BCUT2D eigenvalue weighted by Crippen LogP contribution is -2.58. The SMILES string of the molecule is CCCC1CN(C(C)COC)C(C)CN1. The Kier molecular flexibility index (Phi) is 5.58. The molecular weight excluding hydrogens is 188 g/mol. The van der Waals surface area contributed by atoms with E-state index >= 15 is 0 Å². The fourth-order valence-electron chi connectivity index (χ4n) is 2.45. The van der Waals surface area contributed by atoms with Crippen LogP contribution in [-0.2, 0) is 4.74 Å². The lowest BCUT2D eigenvalue weighted by molar-refractivity contribution is 0.0462. The Morgan fingerprint density at radius 3 is 2.87 bits per heavy atom. The van der Waals surface area contributed by atoms with Crippen LogP contribution in [-0.4, -0.2) is 49.8 Å². The molecule has 1 rings (SSSR count). The summed E-state index contributed by atoms with van der Waals surface area (Å²) in [7, 11) is 1.78. The van der Waals surface area contributed by atoms with Gasteiger partial charge in [0.1, 0.15) is 0 Å². The first-order valence-corrected chi connectivity index (χ1v) is 6.17. The molecule has 15 heavy (non-hydrogen) atoms. The summed E-state index contributed by atoms with van der Waals surface area (Å²) in [4.78, 5) is 2.57. The van der Waals surface area contributed by atoms with E-state index < -0.39 is 0 Å². The molecule has 1 saturated heterocycles. The second-order valence-corrected chi connectivity index (χ2v) is 4.74. The van der Waals surface area contributed by atoms with E-state index in [0.29, 0.717) is 18.1 Å². The first kappa shape index (κ1) is 12.9. The summed E-state index contributed by atoms with van der Waals surface area (Å²) in [5, 5.41) is 3.61. The number of piperazine rings is 1. The van der Waals surface area contributed by atoms with Gasteiger partial charge in [-0.1, -0.05) is 13.3 Å². The smallest absolute Gasteiger partial charge is 0.0615 e. The van der Waals surface area contributed by atoms with Crippen LogP contribution in [0.2, 0.25) is 0 Å². The van der Waals surface area contributed by atoms with E-state index in [-0.39, 0.29) is 0 Å². The number of hydrogen-bond donors (Lipinski definition) is 1. The van der Waals surface area contributed by atoms with Crippen molar-refractivity contribution in [2.45, 2.75) is 51.7 Å². The molecule has 0 radical (unpaired) electrons. The van der Waals surface area contributed by atoms with Crippen molar-refractivity contribution in [1.82, 2.24) is 10.2 Å². The van der Waals surface area contributed by atoms with Crippen molar-refractivity contribution >= 4 is 0 Å². The van der Waals surface area contributed by atoms with Crippen LogP contribution in [0.5, 0.6) is 0 Å². The predicted molar refractivity (Wildman–Crippen MR) is 64.2 cm³/mol. The number of rotatable bonds is 5. The van der Waals surface area contributed by atoms with E-state index in [1.54, 1.807) is 7.11 Å². The van der Waals surface area contributed by atoms with Crippen molar-refractivity contribution in [3.8, 4) is 0 Å². The quantitative estimate of drug-likeness (QED) is 0.750. The Morgan fingerprint density at radius 2 is 2.27 bits per heavy atom. The normalized spacial score (nSPS) is 30.4. The summed E-state index contributed by atoms with van der Waals surface area (Å²) in [6.45, 7) is 9.92. The topological polar surface area (TPSA) is 24.5 Å². The number of nitrogens with one attached hydrogen (secondary N) is 1. The highest BCUT2D eigenvalue weighted by Crippen LogP contribution is 2.13.